The molecule has 0 aliphatic carbocycles. The monoisotopic (exact) mass is 493 g/mol. The van der Waals surface area contributed by atoms with Crippen molar-refractivity contribution in [2.75, 3.05) is 32.1 Å². The predicted molar refractivity (Wildman–Crippen MR) is 139 cm³/mol. The summed E-state index contributed by atoms with van der Waals surface area (Å²) in [5, 5.41) is 10.0. The molecule has 1 fully saturated rings. The van der Waals surface area contributed by atoms with E-state index in [1.807, 2.05) is 48.5 Å². The van der Waals surface area contributed by atoms with Gasteiger partial charge in [0.2, 0.25) is 0 Å². The van der Waals surface area contributed by atoms with Gasteiger partial charge in [0.1, 0.15) is 24.3 Å². The van der Waals surface area contributed by atoms with Crippen LogP contribution in [0.4, 0.5) is 8.78 Å². The lowest BCUT2D eigenvalue weighted by molar-refractivity contribution is 0.198. The van der Waals surface area contributed by atoms with E-state index in [4.69, 9.17) is 4.74 Å². The molecule has 2 heterocycles. The fraction of sp³-hybridized carbons (Fsp3) is 0.310. The number of hydrogen-bond donors (Lipinski definition) is 1. The van der Waals surface area contributed by atoms with Crippen molar-refractivity contribution in [3.8, 4) is 11.5 Å². The third-order valence-electron chi connectivity index (χ3n) is 6.65. The Morgan fingerprint density at radius 2 is 1.74 bits per heavy atom. The van der Waals surface area contributed by atoms with Crippen LogP contribution < -0.4 is 4.74 Å². The second-order valence-electron chi connectivity index (χ2n) is 9.05. The highest BCUT2D eigenvalue weighted by molar-refractivity contribution is 7.99. The Labute approximate surface area is 209 Å². The first kappa shape index (κ1) is 23.9. The number of likely N-dealkylation sites (tertiary alicyclic amines) is 1. The Morgan fingerprint density at radius 1 is 0.971 bits per heavy atom. The van der Waals surface area contributed by atoms with Crippen LogP contribution in [0.2, 0.25) is 0 Å². The summed E-state index contributed by atoms with van der Waals surface area (Å²) >= 11 is 1.70. The number of phenolic OH excluding ortho intramolecular Hbond substituents is 1. The Balaban J connectivity index is 1.43. The van der Waals surface area contributed by atoms with E-state index >= 15 is 0 Å². The molecule has 6 heteroatoms. The Bertz CT molecular complexity index is 1190. The van der Waals surface area contributed by atoms with E-state index < -0.39 is 6.67 Å². The summed E-state index contributed by atoms with van der Waals surface area (Å²) < 4.78 is 31.8. The lowest BCUT2D eigenvalue weighted by Crippen LogP contribution is -2.26. The molecule has 0 saturated carbocycles. The molecule has 35 heavy (non-hydrogen) atoms. The van der Waals surface area contributed by atoms with Gasteiger partial charge in [0.25, 0.3) is 0 Å². The Kier molecular flexibility index (Phi) is 7.40. The molecule has 1 N–H and O–H groups in total. The molecular weight excluding hydrogens is 464 g/mol. The van der Waals surface area contributed by atoms with Crippen molar-refractivity contribution in [1.82, 2.24) is 4.90 Å². The van der Waals surface area contributed by atoms with Gasteiger partial charge in [-0.1, -0.05) is 36.4 Å². The van der Waals surface area contributed by atoms with Gasteiger partial charge in [-0.3, -0.25) is 9.29 Å². The van der Waals surface area contributed by atoms with Crippen molar-refractivity contribution < 1.29 is 18.6 Å². The topological polar surface area (TPSA) is 32.7 Å². The minimum Gasteiger partial charge on any atom is -0.508 e. The summed E-state index contributed by atoms with van der Waals surface area (Å²) in [5.74, 6) is 1.85. The fourth-order valence-electron chi connectivity index (χ4n) is 4.85. The zero-order valence-electron chi connectivity index (χ0n) is 19.6. The zero-order chi connectivity index (χ0) is 24.2. The molecule has 0 bridgehead atoms. The van der Waals surface area contributed by atoms with E-state index in [0.29, 0.717) is 12.0 Å². The second-order valence-corrected chi connectivity index (χ2v) is 10.1. The van der Waals surface area contributed by atoms with E-state index in [1.165, 1.54) is 5.57 Å². The van der Waals surface area contributed by atoms with Crippen molar-refractivity contribution >= 4 is 22.9 Å². The summed E-state index contributed by atoms with van der Waals surface area (Å²) in [5.41, 5.74) is 6.20. The van der Waals surface area contributed by atoms with Crippen molar-refractivity contribution in [2.45, 2.75) is 30.5 Å². The number of ether oxygens (including phenoxy) is 1. The molecule has 0 amide bonds. The SMILES string of the molecule is Oc1ccc2c(c1)SCC(c1ccc(CF)cc1)=C2c1ccc(O[C@H]2CCN(CCCF)C2)cc1. The van der Waals surface area contributed by atoms with Crippen LogP contribution in [0.25, 0.3) is 11.1 Å². The van der Waals surface area contributed by atoms with Crippen molar-refractivity contribution in [3.05, 3.63) is 89.0 Å². The fourth-order valence-corrected chi connectivity index (χ4v) is 5.99. The summed E-state index contributed by atoms with van der Waals surface area (Å²) in [6.45, 7) is 1.81. The molecule has 0 radical (unpaired) electrons. The molecule has 5 rings (SSSR count). The van der Waals surface area contributed by atoms with E-state index in [2.05, 4.69) is 17.0 Å². The van der Waals surface area contributed by atoms with E-state index in [0.717, 1.165) is 64.7 Å². The smallest absolute Gasteiger partial charge is 0.119 e. The number of hydrogen-bond acceptors (Lipinski definition) is 4. The number of halogens is 2. The number of phenols is 1. The van der Waals surface area contributed by atoms with Crippen LogP contribution in [-0.2, 0) is 6.67 Å². The molecule has 3 aromatic rings. The summed E-state index contributed by atoms with van der Waals surface area (Å²) in [6, 6.07) is 21.4. The number of thioether (sulfide) groups is 1. The Morgan fingerprint density at radius 3 is 2.49 bits per heavy atom. The highest BCUT2D eigenvalue weighted by Crippen LogP contribution is 2.45. The third-order valence-corrected chi connectivity index (χ3v) is 7.73. The van der Waals surface area contributed by atoms with Crippen molar-refractivity contribution in [2.24, 2.45) is 0 Å². The highest BCUT2D eigenvalue weighted by atomic mass is 32.2. The van der Waals surface area contributed by atoms with E-state index in [1.54, 1.807) is 17.8 Å². The third kappa shape index (κ3) is 5.39. The van der Waals surface area contributed by atoms with Crippen LogP contribution in [0, 0.1) is 0 Å². The summed E-state index contributed by atoms with van der Waals surface area (Å²) in [7, 11) is 0. The molecule has 1 saturated heterocycles. The van der Waals surface area contributed by atoms with Crippen LogP contribution in [0.3, 0.4) is 0 Å². The number of alkyl halides is 2. The lowest BCUT2D eigenvalue weighted by Gasteiger charge is -2.24. The number of aromatic hydroxyl groups is 1. The average Bonchev–Trinajstić information content (AvgIpc) is 3.34. The normalized spacial score (nSPS) is 18.1. The maximum absolute atomic E-state index is 13.1. The Hall–Kier alpha value is -2.83. The number of nitrogens with zero attached hydrogens (tertiary/aromatic N) is 1. The summed E-state index contributed by atoms with van der Waals surface area (Å²) in [6.07, 6.45) is 1.65. The van der Waals surface area contributed by atoms with Gasteiger partial charge in [-0.05, 0) is 76.6 Å². The number of rotatable bonds is 8. The standard InChI is InChI=1S/C29H29F2NO2S/c30-13-1-14-32-15-12-25(18-32)34-24-9-6-22(7-10-24)29-26-11-8-23(33)16-28(26)35-19-27(29)21-4-2-20(17-31)3-5-21/h2-11,16,25,33H,1,12-15,17-19H2/t25-/m0/s1. The van der Waals surface area contributed by atoms with E-state index in [9.17, 15) is 13.9 Å². The highest BCUT2D eigenvalue weighted by Gasteiger charge is 2.25. The van der Waals surface area contributed by atoms with E-state index in [-0.39, 0.29) is 18.5 Å². The van der Waals surface area contributed by atoms with Gasteiger partial charge in [0, 0.05) is 30.3 Å². The maximum Gasteiger partial charge on any atom is 0.119 e. The van der Waals surface area contributed by atoms with Gasteiger partial charge in [-0.15, -0.1) is 11.8 Å². The van der Waals surface area contributed by atoms with Gasteiger partial charge in [-0.2, -0.15) is 0 Å². The lowest BCUT2D eigenvalue weighted by atomic mass is 9.89. The average molecular weight is 494 g/mol. The quantitative estimate of drug-likeness (QED) is 0.377. The van der Waals surface area contributed by atoms with Gasteiger partial charge in [-0.25, -0.2) is 4.39 Å². The molecule has 1 atom stereocenters. The van der Waals surface area contributed by atoms with Gasteiger partial charge in [0.05, 0.1) is 6.67 Å². The first-order chi connectivity index (χ1) is 17.1. The van der Waals surface area contributed by atoms with Crippen molar-refractivity contribution in [1.29, 1.82) is 0 Å². The molecule has 0 aromatic heterocycles. The second kappa shape index (κ2) is 10.8. The number of benzene rings is 3. The largest absolute Gasteiger partial charge is 0.508 e. The zero-order valence-corrected chi connectivity index (χ0v) is 20.4. The predicted octanol–water partition coefficient (Wildman–Crippen LogP) is 6.74. The van der Waals surface area contributed by atoms with Crippen LogP contribution in [0.15, 0.2) is 71.6 Å². The molecule has 2 aliphatic rings. The van der Waals surface area contributed by atoms with Crippen molar-refractivity contribution in [3.63, 3.8) is 0 Å². The number of fused-ring (bicyclic) bond motifs is 1. The molecular formula is C29H29F2NO2S. The minimum atomic E-state index is -0.473. The molecule has 0 spiro atoms. The van der Waals surface area contributed by atoms with Gasteiger partial charge < -0.3 is 9.84 Å². The van der Waals surface area contributed by atoms with Crippen LogP contribution in [-0.4, -0.2) is 48.2 Å². The van der Waals surface area contributed by atoms with Crippen LogP contribution >= 0.6 is 11.8 Å². The van der Waals surface area contributed by atoms with Crippen LogP contribution in [0.5, 0.6) is 11.5 Å². The molecule has 2 aliphatic heterocycles. The first-order valence-corrected chi connectivity index (χ1v) is 13.0. The van der Waals surface area contributed by atoms with Gasteiger partial charge >= 0.3 is 0 Å². The molecule has 3 nitrogen and oxygen atoms in total. The molecule has 0 unspecified atom stereocenters. The van der Waals surface area contributed by atoms with Crippen LogP contribution in [0.1, 0.15) is 35.1 Å². The minimum absolute atomic E-state index is 0.124. The maximum atomic E-state index is 13.1. The summed E-state index contributed by atoms with van der Waals surface area (Å²) in [4.78, 5) is 3.31. The first-order valence-electron chi connectivity index (χ1n) is 12.0. The molecule has 3 aromatic carbocycles. The molecule has 182 valence electrons. The van der Waals surface area contributed by atoms with Gasteiger partial charge in [0.15, 0.2) is 0 Å².